The Morgan fingerprint density at radius 2 is 1.87 bits per heavy atom. The number of carbonyl (C=O) groups is 1. The summed E-state index contributed by atoms with van der Waals surface area (Å²) in [6, 6.07) is 14.2. The first-order valence-electron chi connectivity index (χ1n) is 10.9. The number of para-hydroxylation sites is 1. The van der Waals surface area contributed by atoms with Crippen LogP contribution in [0.5, 0.6) is 5.75 Å². The fraction of sp³-hybridized carbons (Fsp3) is 0.400. The molecule has 0 unspecified atom stereocenters. The van der Waals surface area contributed by atoms with Gasteiger partial charge in [-0.1, -0.05) is 25.1 Å². The summed E-state index contributed by atoms with van der Waals surface area (Å²) >= 11 is 3.63. The quantitative estimate of drug-likeness (QED) is 0.414. The van der Waals surface area contributed by atoms with Crippen LogP contribution in [0.25, 0.3) is 16.6 Å². The molecule has 6 heteroatoms. The van der Waals surface area contributed by atoms with Crippen LogP contribution in [0.4, 0.5) is 0 Å². The summed E-state index contributed by atoms with van der Waals surface area (Å²) in [5.74, 6) is 1.16. The zero-order valence-electron chi connectivity index (χ0n) is 18.4. The van der Waals surface area contributed by atoms with Gasteiger partial charge in [-0.2, -0.15) is 0 Å². The van der Waals surface area contributed by atoms with Gasteiger partial charge in [0.25, 0.3) is 0 Å². The maximum absolute atomic E-state index is 13.2. The number of aromatic nitrogens is 1. The fourth-order valence-electron chi connectivity index (χ4n) is 4.38. The average molecular weight is 485 g/mol. The molecule has 4 rings (SSSR count). The highest BCUT2D eigenvalue weighted by atomic mass is 79.9. The molecule has 1 aliphatic heterocycles. The zero-order chi connectivity index (χ0) is 22.0. The number of carbonyl (C=O) groups excluding carboxylic acids is 1. The van der Waals surface area contributed by atoms with E-state index >= 15 is 0 Å². The number of benzene rings is 2. The lowest BCUT2D eigenvalue weighted by atomic mass is 9.99. The van der Waals surface area contributed by atoms with Crippen molar-refractivity contribution in [3.8, 4) is 11.4 Å². The lowest BCUT2D eigenvalue weighted by Crippen LogP contribution is -2.33. The van der Waals surface area contributed by atoms with Crippen molar-refractivity contribution in [2.45, 2.75) is 33.2 Å². The molecule has 164 valence electrons. The topological polar surface area (TPSA) is 43.7 Å². The molecule has 0 aliphatic carbocycles. The number of piperidine rings is 1. The van der Waals surface area contributed by atoms with Crippen molar-refractivity contribution in [2.24, 2.45) is 5.92 Å². The highest BCUT2D eigenvalue weighted by Gasteiger charge is 2.28. The van der Waals surface area contributed by atoms with Crippen LogP contribution < -0.4 is 4.74 Å². The van der Waals surface area contributed by atoms with E-state index in [0.717, 1.165) is 45.8 Å². The Balaban J connectivity index is 1.96. The van der Waals surface area contributed by atoms with Gasteiger partial charge >= 0.3 is 5.97 Å². The van der Waals surface area contributed by atoms with Gasteiger partial charge in [-0.25, -0.2) is 4.79 Å². The van der Waals surface area contributed by atoms with Gasteiger partial charge in [0.1, 0.15) is 5.75 Å². The van der Waals surface area contributed by atoms with Crippen LogP contribution in [-0.4, -0.2) is 42.2 Å². The molecule has 2 aromatic carbocycles. The first-order valence-corrected chi connectivity index (χ1v) is 11.7. The normalized spacial score (nSPS) is 15.4. The van der Waals surface area contributed by atoms with E-state index in [1.54, 1.807) is 7.11 Å². The van der Waals surface area contributed by atoms with Gasteiger partial charge in [0.05, 0.1) is 35.0 Å². The second-order valence-electron chi connectivity index (χ2n) is 8.18. The minimum atomic E-state index is -0.285. The number of esters is 1. The van der Waals surface area contributed by atoms with Crippen molar-refractivity contribution >= 4 is 32.8 Å². The summed E-state index contributed by atoms with van der Waals surface area (Å²) in [7, 11) is 1.64. The summed E-state index contributed by atoms with van der Waals surface area (Å²) in [6.07, 6.45) is 2.36. The van der Waals surface area contributed by atoms with Gasteiger partial charge in [-0.3, -0.25) is 4.90 Å². The van der Waals surface area contributed by atoms with E-state index in [-0.39, 0.29) is 5.97 Å². The molecule has 1 saturated heterocycles. The Hall–Kier alpha value is -2.31. The molecule has 0 atom stereocenters. The average Bonchev–Trinajstić information content (AvgIpc) is 3.08. The number of likely N-dealkylation sites (tertiary alicyclic amines) is 1. The first-order chi connectivity index (χ1) is 15.0. The van der Waals surface area contributed by atoms with Crippen molar-refractivity contribution in [2.75, 3.05) is 26.8 Å². The monoisotopic (exact) mass is 484 g/mol. The number of halogens is 1. The molecule has 1 aliphatic rings. The minimum absolute atomic E-state index is 0.285. The molecule has 0 radical (unpaired) electrons. The van der Waals surface area contributed by atoms with E-state index in [1.807, 2.05) is 37.3 Å². The van der Waals surface area contributed by atoms with Crippen LogP contribution in [-0.2, 0) is 11.3 Å². The van der Waals surface area contributed by atoms with E-state index in [4.69, 9.17) is 9.47 Å². The second-order valence-corrected chi connectivity index (χ2v) is 9.03. The molecular weight excluding hydrogens is 456 g/mol. The van der Waals surface area contributed by atoms with Crippen molar-refractivity contribution < 1.29 is 14.3 Å². The lowest BCUT2D eigenvalue weighted by Gasteiger charge is -2.30. The fourth-order valence-corrected chi connectivity index (χ4v) is 4.88. The van der Waals surface area contributed by atoms with Crippen LogP contribution in [0.15, 0.2) is 46.9 Å². The van der Waals surface area contributed by atoms with Crippen LogP contribution >= 0.6 is 15.9 Å². The third kappa shape index (κ3) is 4.37. The lowest BCUT2D eigenvalue weighted by molar-refractivity contribution is 0.0525. The summed E-state index contributed by atoms with van der Waals surface area (Å²) in [4.78, 5) is 15.6. The van der Waals surface area contributed by atoms with Gasteiger partial charge in [-0.15, -0.1) is 0 Å². The number of hydrogen-bond donors (Lipinski definition) is 0. The van der Waals surface area contributed by atoms with Crippen LogP contribution in [0.2, 0.25) is 0 Å². The van der Waals surface area contributed by atoms with E-state index in [1.165, 1.54) is 12.8 Å². The smallest absolute Gasteiger partial charge is 0.340 e. The van der Waals surface area contributed by atoms with Gasteiger partial charge < -0.3 is 14.0 Å². The van der Waals surface area contributed by atoms with Crippen LogP contribution in [0, 0.1) is 5.92 Å². The number of methoxy groups -OCH3 is 1. The largest absolute Gasteiger partial charge is 0.496 e. The Bertz CT molecular complexity index is 1070. The van der Waals surface area contributed by atoms with Gasteiger partial charge in [0.15, 0.2) is 0 Å². The van der Waals surface area contributed by atoms with E-state index in [9.17, 15) is 4.79 Å². The molecule has 0 spiro atoms. The Morgan fingerprint density at radius 3 is 2.52 bits per heavy atom. The van der Waals surface area contributed by atoms with Crippen molar-refractivity contribution in [3.63, 3.8) is 0 Å². The molecule has 3 aromatic rings. The molecule has 0 bridgehead atoms. The predicted molar refractivity (Wildman–Crippen MR) is 127 cm³/mol. The zero-order valence-corrected chi connectivity index (χ0v) is 19.9. The molecule has 2 heterocycles. The molecule has 0 saturated carbocycles. The van der Waals surface area contributed by atoms with Gasteiger partial charge in [0.2, 0.25) is 0 Å². The van der Waals surface area contributed by atoms with E-state index in [0.29, 0.717) is 24.5 Å². The third-order valence-corrected chi connectivity index (χ3v) is 6.70. The van der Waals surface area contributed by atoms with Crippen LogP contribution in [0.1, 0.15) is 42.7 Å². The van der Waals surface area contributed by atoms with E-state index < -0.39 is 0 Å². The van der Waals surface area contributed by atoms with Crippen LogP contribution in [0.3, 0.4) is 0 Å². The molecule has 31 heavy (non-hydrogen) atoms. The molecule has 5 nitrogen and oxygen atoms in total. The van der Waals surface area contributed by atoms with Crippen molar-refractivity contribution in [1.82, 2.24) is 9.47 Å². The third-order valence-electron chi connectivity index (χ3n) is 6.08. The maximum Gasteiger partial charge on any atom is 0.340 e. The first kappa shape index (κ1) is 21.9. The number of hydrogen-bond acceptors (Lipinski definition) is 4. The highest BCUT2D eigenvalue weighted by Crippen LogP contribution is 2.38. The van der Waals surface area contributed by atoms with E-state index in [2.05, 4.69) is 44.5 Å². The molecule has 1 fully saturated rings. The molecule has 0 N–H and O–H groups in total. The Labute approximate surface area is 192 Å². The number of nitrogens with zero attached hydrogens (tertiary/aromatic N) is 2. The molecular formula is C25H29BrN2O3. The molecule has 0 amide bonds. The minimum Gasteiger partial charge on any atom is -0.496 e. The standard InChI is InChI=1S/C25H29BrN2O3/c1-4-31-25(29)24-19-14-23(30-3)20(26)15-21(19)28(18-8-6-5-7-9-18)22(24)16-27-12-10-17(2)11-13-27/h5-9,14-15,17H,4,10-13,16H2,1-3H3. The second kappa shape index (κ2) is 9.45. The summed E-state index contributed by atoms with van der Waals surface area (Å²) in [5.41, 5.74) is 3.59. The SMILES string of the molecule is CCOC(=O)c1c(CN2CCC(C)CC2)n(-c2ccccc2)c2cc(Br)c(OC)cc12. The maximum atomic E-state index is 13.2. The Morgan fingerprint density at radius 1 is 1.16 bits per heavy atom. The number of fused-ring (bicyclic) bond motifs is 1. The molecule has 1 aromatic heterocycles. The van der Waals surface area contributed by atoms with Crippen molar-refractivity contribution in [1.29, 1.82) is 0 Å². The van der Waals surface area contributed by atoms with Crippen molar-refractivity contribution in [3.05, 3.63) is 58.2 Å². The number of rotatable bonds is 6. The summed E-state index contributed by atoms with van der Waals surface area (Å²) in [5, 5.41) is 0.850. The van der Waals surface area contributed by atoms with Gasteiger partial charge in [0, 0.05) is 17.6 Å². The van der Waals surface area contributed by atoms with Gasteiger partial charge in [-0.05, 0) is 79.0 Å². The summed E-state index contributed by atoms with van der Waals surface area (Å²) < 4.78 is 14.1. The highest BCUT2D eigenvalue weighted by molar-refractivity contribution is 9.10. The Kier molecular flexibility index (Phi) is 6.68. The summed E-state index contributed by atoms with van der Waals surface area (Å²) in [6.45, 7) is 7.26. The number of ether oxygens (including phenoxy) is 2. The predicted octanol–water partition coefficient (Wildman–Crippen LogP) is 5.81.